The van der Waals surface area contributed by atoms with Gasteiger partial charge in [-0.25, -0.2) is 13.6 Å². The Morgan fingerprint density at radius 2 is 1.74 bits per heavy atom. The van der Waals surface area contributed by atoms with E-state index in [2.05, 4.69) is 16.0 Å². The predicted molar refractivity (Wildman–Crippen MR) is 132 cm³/mol. The van der Waals surface area contributed by atoms with Crippen LogP contribution in [0.25, 0.3) is 0 Å². The van der Waals surface area contributed by atoms with Crippen LogP contribution < -0.4 is 25.4 Å². The molecule has 4 atom stereocenters. The molecule has 2 heterocycles. The van der Waals surface area contributed by atoms with Crippen molar-refractivity contribution in [1.82, 2.24) is 10.6 Å². The number of benzene rings is 2. The number of alkyl halides is 5. The van der Waals surface area contributed by atoms with Crippen molar-refractivity contribution in [3.63, 3.8) is 0 Å². The van der Waals surface area contributed by atoms with Crippen molar-refractivity contribution in [3.8, 4) is 11.5 Å². The predicted octanol–water partition coefficient (Wildman–Crippen LogP) is 5.71. The molecule has 2 aromatic rings. The molecule has 12 heteroatoms. The topological polar surface area (TPSA) is 80.9 Å². The van der Waals surface area contributed by atoms with Gasteiger partial charge >= 0.3 is 12.2 Å². The lowest BCUT2D eigenvalue weighted by Gasteiger charge is -2.44. The van der Waals surface area contributed by atoms with Gasteiger partial charge in [0.25, 0.3) is 5.92 Å². The van der Waals surface area contributed by atoms with Crippen LogP contribution >= 0.6 is 0 Å². The van der Waals surface area contributed by atoms with Crippen LogP contribution in [0.2, 0.25) is 0 Å². The van der Waals surface area contributed by atoms with Gasteiger partial charge in [0, 0.05) is 36.6 Å². The third kappa shape index (κ3) is 5.91. The minimum atomic E-state index is -4.61. The van der Waals surface area contributed by atoms with Gasteiger partial charge in [0.2, 0.25) is 0 Å². The molecule has 3 aliphatic rings. The van der Waals surface area contributed by atoms with Crippen LogP contribution in [-0.2, 0) is 10.3 Å². The van der Waals surface area contributed by atoms with Crippen LogP contribution in [0.1, 0.15) is 44.6 Å². The highest BCUT2D eigenvalue weighted by Gasteiger charge is 2.62. The number of amides is 2. The van der Waals surface area contributed by atoms with Gasteiger partial charge in [-0.15, -0.1) is 0 Å². The van der Waals surface area contributed by atoms with Crippen molar-refractivity contribution in [1.29, 1.82) is 0 Å². The molecule has 39 heavy (non-hydrogen) atoms. The summed E-state index contributed by atoms with van der Waals surface area (Å²) in [5, 5.41) is 8.77. The van der Waals surface area contributed by atoms with Crippen LogP contribution in [0.15, 0.2) is 48.5 Å². The van der Waals surface area contributed by atoms with Crippen molar-refractivity contribution in [3.05, 3.63) is 54.1 Å². The van der Waals surface area contributed by atoms with E-state index in [1.54, 1.807) is 30.3 Å². The van der Waals surface area contributed by atoms with E-state index in [4.69, 9.17) is 14.2 Å². The van der Waals surface area contributed by atoms with Crippen LogP contribution in [0.3, 0.4) is 0 Å². The number of nitrogens with one attached hydrogen (secondary N) is 3. The quantitative estimate of drug-likeness (QED) is 0.382. The monoisotopic (exact) mass is 555 g/mol. The van der Waals surface area contributed by atoms with Crippen molar-refractivity contribution in [2.75, 3.05) is 11.9 Å². The van der Waals surface area contributed by atoms with E-state index in [0.29, 0.717) is 24.3 Å². The second-order valence-corrected chi connectivity index (χ2v) is 10.3. The third-order valence-corrected chi connectivity index (χ3v) is 7.35. The molecular formula is C27H30F5N3O4. The van der Waals surface area contributed by atoms with Gasteiger partial charge < -0.3 is 24.8 Å². The maximum atomic E-state index is 14.0. The number of anilines is 1. The highest BCUT2D eigenvalue weighted by molar-refractivity contribution is 5.89. The summed E-state index contributed by atoms with van der Waals surface area (Å²) in [6.07, 6.45) is -5.52. The first-order chi connectivity index (χ1) is 18.4. The third-order valence-electron chi connectivity index (χ3n) is 7.35. The second-order valence-electron chi connectivity index (χ2n) is 10.3. The molecule has 2 saturated heterocycles. The molecule has 2 aromatic carbocycles. The number of piperidine rings is 1. The summed E-state index contributed by atoms with van der Waals surface area (Å²) in [7, 11) is 0. The molecule has 0 radical (unpaired) electrons. The molecule has 4 unspecified atom stereocenters. The summed E-state index contributed by atoms with van der Waals surface area (Å²) in [5.74, 6) is -2.22. The van der Waals surface area contributed by atoms with E-state index in [9.17, 15) is 26.7 Å². The van der Waals surface area contributed by atoms with Gasteiger partial charge in [0.05, 0.1) is 12.6 Å². The van der Waals surface area contributed by atoms with Crippen molar-refractivity contribution in [2.24, 2.45) is 0 Å². The Bertz CT molecular complexity index is 1160. The Labute approximate surface area is 222 Å². The first kappa shape index (κ1) is 27.4. The molecule has 1 saturated carbocycles. The largest absolute Gasteiger partial charge is 0.490 e. The van der Waals surface area contributed by atoms with Gasteiger partial charge in [0.15, 0.2) is 11.8 Å². The van der Waals surface area contributed by atoms with Crippen molar-refractivity contribution < 1.29 is 41.0 Å². The van der Waals surface area contributed by atoms with Crippen LogP contribution in [0.5, 0.6) is 11.5 Å². The summed E-state index contributed by atoms with van der Waals surface area (Å²) in [6.45, 7) is 1.93. The Balaban J connectivity index is 1.22. The number of rotatable bonds is 7. The van der Waals surface area contributed by atoms with Gasteiger partial charge in [-0.05, 0) is 50.1 Å². The fourth-order valence-electron chi connectivity index (χ4n) is 5.09. The zero-order valence-corrected chi connectivity index (χ0v) is 21.2. The number of ether oxygens (including phenoxy) is 3. The molecule has 0 aromatic heterocycles. The SMILES string of the molecule is CC1CCC(NC(=O)Nc2ccc(OC3CC(F)(F)C3)cc2)C(Oc2ccccc2C2(C(F)(F)F)CCO2)N1. The molecule has 2 aliphatic heterocycles. The van der Waals surface area contributed by atoms with Gasteiger partial charge in [-0.3, -0.25) is 5.32 Å². The average molecular weight is 556 g/mol. The van der Waals surface area contributed by atoms with Crippen LogP contribution in [0, 0.1) is 0 Å². The average Bonchev–Trinajstić information content (AvgIpc) is 2.80. The summed E-state index contributed by atoms with van der Waals surface area (Å²) >= 11 is 0. The van der Waals surface area contributed by atoms with E-state index in [1.165, 1.54) is 18.2 Å². The van der Waals surface area contributed by atoms with E-state index < -0.39 is 42.1 Å². The summed E-state index contributed by atoms with van der Waals surface area (Å²) in [6, 6.07) is 11.2. The Morgan fingerprint density at radius 3 is 2.36 bits per heavy atom. The minimum absolute atomic E-state index is 0.000528. The molecule has 3 fully saturated rings. The molecule has 1 aliphatic carbocycles. The van der Waals surface area contributed by atoms with E-state index in [0.717, 1.165) is 0 Å². The maximum absolute atomic E-state index is 14.0. The van der Waals surface area contributed by atoms with Crippen LogP contribution in [-0.4, -0.2) is 49.2 Å². The number of hydrogen-bond donors (Lipinski definition) is 3. The van der Waals surface area contributed by atoms with Gasteiger partial charge in [0.1, 0.15) is 17.6 Å². The fraction of sp³-hybridized carbons (Fsp3) is 0.519. The summed E-state index contributed by atoms with van der Waals surface area (Å²) in [4.78, 5) is 12.8. The lowest BCUT2D eigenvalue weighted by Crippen LogP contribution is -2.59. The number of urea groups is 1. The van der Waals surface area contributed by atoms with Crippen molar-refractivity contribution >= 4 is 11.7 Å². The highest BCUT2D eigenvalue weighted by Crippen LogP contribution is 2.52. The van der Waals surface area contributed by atoms with Gasteiger partial charge in [-0.1, -0.05) is 18.2 Å². The van der Waals surface area contributed by atoms with Crippen LogP contribution in [0.4, 0.5) is 32.4 Å². The number of hydrogen-bond acceptors (Lipinski definition) is 5. The summed E-state index contributed by atoms with van der Waals surface area (Å²) in [5.41, 5.74) is -2.06. The van der Waals surface area contributed by atoms with Gasteiger partial charge in [-0.2, -0.15) is 13.2 Å². The number of carbonyl (C=O) groups is 1. The molecular weight excluding hydrogens is 525 g/mol. The molecule has 212 valence electrons. The Kier molecular flexibility index (Phi) is 7.36. The summed E-state index contributed by atoms with van der Waals surface area (Å²) < 4.78 is 84.5. The highest BCUT2D eigenvalue weighted by atomic mass is 19.4. The molecule has 5 rings (SSSR count). The maximum Gasteiger partial charge on any atom is 0.421 e. The minimum Gasteiger partial charge on any atom is -0.490 e. The van der Waals surface area contributed by atoms with E-state index >= 15 is 0 Å². The molecule has 0 bridgehead atoms. The Morgan fingerprint density at radius 1 is 1.05 bits per heavy atom. The molecule has 0 spiro atoms. The lowest BCUT2D eigenvalue weighted by atomic mass is 9.85. The molecule has 7 nitrogen and oxygen atoms in total. The number of para-hydroxylation sites is 1. The zero-order chi connectivity index (χ0) is 27.8. The standard InChI is InChI=1S/C27H30F5N3O4/c1-16-6-11-21(35-24(36)34-17-7-9-18(10-8-17)38-19-14-25(28,29)15-19)23(33-16)39-22-5-3-2-4-20(22)26(12-13-37-26)27(30,31)32/h2-5,7-10,16,19,21,23,33H,6,11-15H2,1H3,(H2,34,35,36). The molecule has 3 N–H and O–H groups in total. The van der Waals surface area contributed by atoms with Crippen molar-refractivity contribution in [2.45, 2.75) is 81.1 Å². The number of halogens is 5. The lowest BCUT2D eigenvalue weighted by molar-refractivity contribution is -0.334. The smallest absolute Gasteiger partial charge is 0.421 e. The Hall–Kier alpha value is -3.12. The van der Waals surface area contributed by atoms with E-state index in [1.807, 2.05) is 6.92 Å². The first-order valence-electron chi connectivity index (χ1n) is 12.9. The second kappa shape index (κ2) is 10.5. The first-order valence-corrected chi connectivity index (χ1v) is 12.9. The normalized spacial score (nSPS) is 28.5. The van der Waals surface area contributed by atoms with E-state index in [-0.39, 0.29) is 43.2 Å². The number of carbonyl (C=O) groups excluding carboxylic acids is 1. The zero-order valence-electron chi connectivity index (χ0n) is 21.2. The fourth-order valence-corrected chi connectivity index (χ4v) is 5.09. The molecule has 2 amide bonds.